The Morgan fingerprint density at radius 2 is 1.85 bits per heavy atom. The Morgan fingerprint density at radius 1 is 1.20 bits per heavy atom. The first-order valence-corrected chi connectivity index (χ1v) is 7.70. The average Bonchev–Trinajstić information content (AvgIpc) is 2.84. The summed E-state index contributed by atoms with van der Waals surface area (Å²) < 4.78 is 11.6. The highest BCUT2D eigenvalue weighted by Gasteiger charge is 2.21. The van der Waals surface area contributed by atoms with E-state index in [0.717, 1.165) is 30.5 Å². The molecule has 1 aromatic rings. The second kappa shape index (κ2) is 6.68. The SMILES string of the molecule is CC(C)(C)Oc1ccc(OCN2CC[C@H](CCl)C2)cc1. The average molecular weight is 298 g/mol. The number of hydrogen-bond acceptors (Lipinski definition) is 3. The van der Waals surface area contributed by atoms with E-state index >= 15 is 0 Å². The molecule has 2 rings (SSSR count). The molecule has 1 heterocycles. The van der Waals surface area contributed by atoms with Gasteiger partial charge in [0.15, 0.2) is 0 Å². The van der Waals surface area contributed by atoms with Crippen molar-refractivity contribution in [1.82, 2.24) is 4.90 Å². The van der Waals surface area contributed by atoms with Crippen LogP contribution in [0.1, 0.15) is 27.2 Å². The summed E-state index contributed by atoms with van der Waals surface area (Å²) in [5.74, 6) is 3.10. The highest BCUT2D eigenvalue weighted by atomic mass is 35.5. The maximum atomic E-state index is 5.88. The van der Waals surface area contributed by atoms with E-state index in [2.05, 4.69) is 4.90 Å². The first kappa shape index (κ1) is 15.5. The Morgan fingerprint density at radius 3 is 2.40 bits per heavy atom. The third kappa shape index (κ3) is 4.88. The Hall–Kier alpha value is -0.930. The summed E-state index contributed by atoms with van der Waals surface area (Å²) in [4.78, 5) is 2.30. The molecule has 0 spiro atoms. The monoisotopic (exact) mass is 297 g/mol. The number of hydrogen-bond donors (Lipinski definition) is 0. The molecule has 0 amide bonds. The van der Waals surface area contributed by atoms with Gasteiger partial charge in [-0.1, -0.05) is 0 Å². The largest absolute Gasteiger partial charge is 0.488 e. The molecule has 0 saturated carbocycles. The predicted molar refractivity (Wildman–Crippen MR) is 82.7 cm³/mol. The second-order valence-electron chi connectivity index (χ2n) is 6.35. The second-order valence-corrected chi connectivity index (χ2v) is 6.65. The van der Waals surface area contributed by atoms with Crippen molar-refractivity contribution in [2.75, 3.05) is 25.7 Å². The van der Waals surface area contributed by atoms with Gasteiger partial charge >= 0.3 is 0 Å². The van der Waals surface area contributed by atoms with Crippen molar-refractivity contribution >= 4 is 11.6 Å². The van der Waals surface area contributed by atoms with Gasteiger partial charge in [0.2, 0.25) is 0 Å². The number of ether oxygens (including phenoxy) is 2. The minimum absolute atomic E-state index is 0.172. The molecule has 0 N–H and O–H groups in total. The van der Waals surface area contributed by atoms with Crippen LogP contribution in [0.3, 0.4) is 0 Å². The summed E-state index contributed by atoms with van der Waals surface area (Å²) in [7, 11) is 0. The van der Waals surface area contributed by atoms with E-state index in [-0.39, 0.29) is 5.60 Å². The highest BCUT2D eigenvalue weighted by Crippen LogP contribution is 2.22. The summed E-state index contributed by atoms with van der Waals surface area (Å²) in [6, 6.07) is 7.81. The molecule has 20 heavy (non-hydrogen) atoms. The summed E-state index contributed by atoms with van der Waals surface area (Å²) in [5.41, 5.74) is -0.172. The van der Waals surface area contributed by atoms with Crippen molar-refractivity contribution in [3.05, 3.63) is 24.3 Å². The number of halogens is 1. The first-order valence-electron chi connectivity index (χ1n) is 7.16. The van der Waals surface area contributed by atoms with Crippen molar-refractivity contribution in [2.45, 2.75) is 32.8 Å². The maximum Gasteiger partial charge on any atom is 0.142 e. The molecule has 4 heteroatoms. The zero-order chi connectivity index (χ0) is 14.6. The number of likely N-dealkylation sites (tertiary alicyclic amines) is 1. The van der Waals surface area contributed by atoms with Gasteiger partial charge in [0, 0.05) is 19.0 Å². The van der Waals surface area contributed by atoms with Gasteiger partial charge in [0.05, 0.1) is 0 Å². The fourth-order valence-electron chi connectivity index (χ4n) is 2.28. The Labute approximate surface area is 126 Å². The molecule has 1 saturated heterocycles. The van der Waals surface area contributed by atoms with Crippen molar-refractivity contribution in [2.24, 2.45) is 5.92 Å². The van der Waals surface area contributed by atoms with Crippen molar-refractivity contribution in [3.63, 3.8) is 0 Å². The fourth-order valence-corrected chi connectivity index (χ4v) is 2.53. The van der Waals surface area contributed by atoms with Crippen LogP contribution < -0.4 is 9.47 Å². The van der Waals surface area contributed by atoms with Gasteiger partial charge in [-0.3, -0.25) is 4.90 Å². The summed E-state index contributed by atoms with van der Waals surface area (Å²) in [6.07, 6.45) is 1.17. The number of rotatable bonds is 5. The minimum Gasteiger partial charge on any atom is -0.488 e. The van der Waals surface area contributed by atoms with Crippen molar-refractivity contribution in [3.8, 4) is 11.5 Å². The van der Waals surface area contributed by atoms with Gasteiger partial charge in [0.25, 0.3) is 0 Å². The van der Waals surface area contributed by atoms with Gasteiger partial charge in [0.1, 0.15) is 23.8 Å². The third-order valence-electron chi connectivity index (χ3n) is 3.25. The Bertz CT molecular complexity index is 413. The fraction of sp³-hybridized carbons (Fsp3) is 0.625. The smallest absolute Gasteiger partial charge is 0.142 e. The highest BCUT2D eigenvalue weighted by molar-refractivity contribution is 6.18. The van der Waals surface area contributed by atoms with Crippen LogP contribution in [0.4, 0.5) is 0 Å². The lowest BCUT2D eigenvalue weighted by atomic mass is 10.2. The van der Waals surface area contributed by atoms with Crippen LogP contribution in [0, 0.1) is 5.92 Å². The van der Waals surface area contributed by atoms with Crippen LogP contribution >= 0.6 is 11.6 Å². The van der Waals surface area contributed by atoms with Gasteiger partial charge in [-0.2, -0.15) is 0 Å². The van der Waals surface area contributed by atoms with Crippen molar-refractivity contribution in [1.29, 1.82) is 0 Å². The molecule has 1 aliphatic heterocycles. The van der Waals surface area contributed by atoms with E-state index in [4.69, 9.17) is 21.1 Å². The first-order chi connectivity index (χ1) is 9.46. The molecule has 0 aromatic heterocycles. The van der Waals surface area contributed by atoms with Gasteiger partial charge < -0.3 is 9.47 Å². The molecular formula is C16H24ClNO2. The molecular weight excluding hydrogens is 274 g/mol. The molecule has 0 bridgehead atoms. The van der Waals surface area contributed by atoms with Crippen LogP contribution in [0.25, 0.3) is 0 Å². The van der Waals surface area contributed by atoms with E-state index in [0.29, 0.717) is 12.6 Å². The maximum absolute atomic E-state index is 5.88. The predicted octanol–water partition coefficient (Wildman–Crippen LogP) is 3.76. The zero-order valence-electron chi connectivity index (χ0n) is 12.6. The topological polar surface area (TPSA) is 21.7 Å². The van der Waals surface area contributed by atoms with Gasteiger partial charge in [-0.15, -0.1) is 11.6 Å². The third-order valence-corrected chi connectivity index (χ3v) is 3.69. The van der Waals surface area contributed by atoms with Crippen LogP contribution in [-0.4, -0.2) is 36.2 Å². The quantitative estimate of drug-likeness (QED) is 0.773. The lowest BCUT2D eigenvalue weighted by molar-refractivity contribution is 0.130. The lowest BCUT2D eigenvalue weighted by Crippen LogP contribution is -2.26. The number of nitrogens with zero attached hydrogens (tertiary/aromatic N) is 1. The molecule has 1 aromatic carbocycles. The van der Waals surface area contributed by atoms with Crippen LogP contribution in [0.15, 0.2) is 24.3 Å². The van der Waals surface area contributed by atoms with Gasteiger partial charge in [-0.25, -0.2) is 0 Å². The molecule has 112 valence electrons. The normalized spacial score (nSPS) is 20.1. The van der Waals surface area contributed by atoms with Crippen LogP contribution in [0.5, 0.6) is 11.5 Å². The van der Waals surface area contributed by atoms with Gasteiger partial charge in [-0.05, 0) is 57.4 Å². The zero-order valence-corrected chi connectivity index (χ0v) is 13.3. The van der Waals surface area contributed by atoms with Crippen LogP contribution in [0.2, 0.25) is 0 Å². The molecule has 0 aliphatic carbocycles. The van der Waals surface area contributed by atoms with E-state index < -0.39 is 0 Å². The minimum atomic E-state index is -0.172. The molecule has 1 atom stereocenters. The molecule has 0 unspecified atom stereocenters. The summed E-state index contributed by atoms with van der Waals surface area (Å²) in [5, 5.41) is 0. The molecule has 0 radical (unpaired) electrons. The van der Waals surface area contributed by atoms with Crippen molar-refractivity contribution < 1.29 is 9.47 Å². The van der Waals surface area contributed by atoms with E-state index in [1.807, 2.05) is 45.0 Å². The molecule has 1 fully saturated rings. The Kier molecular flexibility index (Phi) is 5.17. The molecule has 1 aliphatic rings. The van der Waals surface area contributed by atoms with E-state index in [9.17, 15) is 0 Å². The number of benzene rings is 1. The lowest BCUT2D eigenvalue weighted by Gasteiger charge is -2.21. The van der Waals surface area contributed by atoms with E-state index in [1.165, 1.54) is 6.42 Å². The van der Waals surface area contributed by atoms with E-state index in [1.54, 1.807) is 0 Å². The van der Waals surface area contributed by atoms with Crippen LogP contribution in [-0.2, 0) is 0 Å². The standard InChI is InChI=1S/C16H24ClNO2/c1-16(2,3)20-15-6-4-14(5-7-15)19-12-18-9-8-13(10-17)11-18/h4-7,13H,8-12H2,1-3H3/t13-/m1/s1. The summed E-state index contributed by atoms with van der Waals surface area (Å²) >= 11 is 5.88. The number of alkyl halides is 1. The summed E-state index contributed by atoms with van der Waals surface area (Å²) in [6.45, 7) is 8.86. The molecule has 3 nitrogen and oxygen atoms in total. The Balaban J connectivity index is 1.79.